The first-order chi connectivity index (χ1) is 27.3. The van der Waals surface area contributed by atoms with Gasteiger partial charge in [0.25, 0.3) is 0 Å². The Balaban J connectivity index is 1.47. The number of aromatic hydroxyl groups is 7. The first kappa shape index (κ1) is 40.5. The summed E-state index contributed by atoms with van der Waals surface area (Å²) in [6.45, 7) is 4.41. The highest BCUT2D eigenvalue weighted by Crippen LogP contribution is 2.50. The van der Waals surface area contributed by atoms with Gasteiger partial charge < -0.3 is 50.9 Å². The van der Waals surface area contributed by atoms with Crippen LogP contribution in [0.1, 0.15) is 97.2 Å². The lowest BCUT2D eigenvalue weighted by atomic mass is 9.80. The Morgan fingerprint density at radius 3 is 2.23 bits per heavy atom. The Labute approximate surface area is 330 Å². The molecule has 4 aromatic carbocycles. The van der Waals surface area contributed by atoms with E-state index in [9.17, 15) is 50.4 Å². The first-order valence-corrected chi connectivity index (χ1v) is 19.4. The largest absolute Gasteiger partial charge is 0.508 e. The van der Waals surface area contributed by atoms with Gasteiger partial charge in [-0.2, -0.15) is 0 Å². The number of phenolic OH excluding ortho intramolecular Hbond substituents is 7. The van der Waals surface area contributed by atoms with Gasteiger partial charge in [0.05, 0.1) is 0 Å². The predicted molar refractivity (Wildman–Crippen MR) is 216 cm³/mol. The normalized spacial score (nSPS) is 14.7. The molecule has 0 amide bonds. The molecule has 2 atom stereocenters. The summed E-state index contributed by atoms with van der Waals surface area (Å²) in [4.78, 5) is 26.5. The molecule has 0 saturated heterocycles. The zero-order valence-electron chi connectivity index (χ0n) is 32.0. The number of carboxylic acid groups (broad SMARTS) is 1. The van der Waals surface area contributed by atoms with Crippen LogP contribution in [0.15, 0.2) is 54.6 Å². The second kappa shape index (κ2) is 17.3. The average molecular weight is 780 g/mol. The molecular weight excluding hydrogens is 730 g/mol. The average Bonchev–Trinajstić information content (AvgIpc) is 3.39. The Morgan fingerprint density at radius 2 is 1.51 bits per heavy atom. The van der Waals surface area contributed by atoms with Crippen molar-refractivity contribution in [2.45, 2.75) is 83.7 Å². The third-order valence-corrected chi connectivity index (χ3v) is 11.0. The molecule has 57 heavy (non-hydrogen) atoms. The Kier molecular flexibility index (Phi) is 12.3. The quantitative estimate of drug-likeness (QED) is 0.0261. The molecule has 0 aromatic heterocycles. The summed E-state index contributed by atoms with van der Waals surface area (Å²) in [5.41, 5.74) is 6.24. The van der Waals surface area contributed by atoms with Crippen molar-refractivity contribution in [3.63, 3.8) is 0 Å². The minimum absolute atomic E-state index is 0.0750. The van der Waals surface area contributed by atoms with Gasteiger partial charge in [0.1, 0.15) is 5.75 Å². The standard InChI is InChI=1S/C45H49NO11/c1-3-5-6-9-24(20-40(52)57-44(45(55)56)34(23-46-4-2)26-15-17-36(48)37(49)19-26)31-21-38(50)42(53)29-16-14-25(18-33(29)31)32-22-39(51)43(54)30-12-7-10-27-28(41(30)32)11-8-13-35(27)47/h8,11,13,15,17-22,34,44,46-51,53-54H,3-7,9-10,12,14,16,23H2,1-2H3,(H,55,56)/b24-20+/t34-,44-/m1/s1. The number of nitrogens with one attached hydrogen (secondary N) is 1. The van der Waals surface area contributed by atoms with Crippen molar-refractivity contribution in [1.82, 2.24) is 5.32 Å². The molecule has 12 heteroatoms. The number of rotatable bonds is 14. The molecule has 12 nitrogen and oxygen atoms in total. The van der Waals surface area contributed by atoms with Crippen molar-refractivity contribution < 1.29 is 55.2 Å². The van der Waals surface area contributed by atoms with Gasteiger partial charge in [0, 0.05) is 35.2 Å². The minimum atomic E-state index is -1.69. The predicted octanol–water partition coefficient (Wildman–Crippen LogP) is 7.62. The summed E-state index contributed by atoms with van der Waals surface area (Å²) in [6, 6.07) is 12.0. The minimum Gasteiger partial charge on any atom is -0.508 e. The third kappa shape index (κ3) is 8.36. The highest BCUT2D eigenvalue weighted by atomic mass is 16.6. The number of ether oxygens (including phenoxy) is 1. The molecule has 0 aliphatic heterocycles. The van der Waals surface area contributed by atoms with Crippen LogP contribution in [0.4, 0.5) is 0 Å². The van der Waals surface area contributed by atoms with E-state index in [1.807, 2.05) is 26.0 Å². The summed E-state index contributed by atoms with van der Waals surface area (Å²) in [5, 5.41) is 88.5. The van der Waals surface area contributed by atoms with E-state index in [1.165, 1.54) is 36.4 Å². The van der Waals surface area contributed by atoms with Crippen LogP contribution < -0.4 is 5.32 Å². The fourth-order valence-corrected chi connectivity index (χ4v) is 8.09. The number of esters is 1. The van der Waals surface area contributed by atoms with Crippen LogP contribution in [0.5, 0.6) is 40.2 Å². The molecule has 4 aromatic rings. The van der Waals surface area contributed by atoms with E-state index in [1.54, 1.807) is 12.1 Å². The highest BCUT2D eigenvalue weighted by Gasteiger charge is 2.34. The molecule has 0 bridgehead atoms. The molecule has 0 heterocycles. The summed E-state index contributed by atoms with van der Waals surface area (Å²) >= 11 is 0. The van der Waals surface area contributed by atoms with Crippen LogP contribution in [-0.4, -0.2) is 72.0 Å². The lowest BCUT2D eigenvalue weighted by molar-refractivity contribution is -0.162. The first-order valence-electron chi connectivity index (χ1n) is 19.4. The summed E-state index contributed by atoms with van der Waals surface area (Å²) in [6.07, 6.45) is 6.31. The lowest BCUT2D eigenvalue weighted by Crippen LogP contribution is -2.38. The topological polar surface area (TPSA) is 217 Å². The zero-order chi connectivity index (χ0) is 41.0. The number of fused-ring (bicyclic) bond motifs is 4. The fourth-order valence-electron chi connectivity index (χ4n) is 8.09. The highest BCUT2D eigenvalue weighted by molar-refractivity contribution is 5.99. The maximum atomic E-state index is 13.8. The number of likely N-dealkylation sites (N-methyl/N-ethyl adjacent to an activating group) is 1. The molecule has 300 valence electrons. The van der Waals surface area contributed by atoms with E-state index in [4.69, 9.17) is 4.74 Å². The number of unbranched alkanes of at least 4 members (excludes halogenated alkanes) is 2. The number of phenols is 7. The summed E-state index contributed by atoms with van der Waals surface area (Å²) < 4.78 is 5.69. The molecular formula is C45H49NO11. The van der Waals surface area contributed by atoms with Crippen LogP contribution in [0, 0.1) is 0 Å². The smallest absolute Gasteiger partial charge is 0.345 e. The Hall–Kier alpha value is -6.14. The van der Waals surface area contributed by atoms with Gasteiger partial charge in [-0.15, -0.1) is 0 Å². The Morgan fingerprint density at radius 1 is 0.772 bits per heavy atom. The van der Waals surface area contributed by atoms with Gasteiger partial charge in [0.2, 0.25) is 6.10 Å². The number of carbonyl (C=O) groups is 2. The van der Waals surface area contributed by atoms with Crippen LogP contribution in [0.3, 0.4) is 0 Å². The van der Waals surface area contributed by atoms with Gasteiger partial charge in [-0.3, -0.25) is 0 Å². The van der Waals surface area contributed by atoms with Gasteiger partial charge in [-0.25, -0.2) is 9.59 Å². The molecule has 0 spiro atoms. The van der Waals surface area contributed by atoms with Crippen LogP contribution >= 0.6 is 0 Å². The van der Waals surface area contributed by atoms with E-state index in [-0.39, 0.29) is 41.7 Å². The van der Waals surface area contributed by atoms with Crippen molar-refractivity contribution in [2.24, 2.45) is 0 Å². The number of hydrogen-bond donors (Lipinski definition) is 9. The van der Waals surface area contributed by atoms with E-state index in [2.05, 4.69) is 5.32 Å². The number of carboxylic acids is 1. The molecule has 0 saturated carbocycles. The number of aliphatic carboxylic acids is 1. The number of hydrogen-bond acceptors (Lipinski definition) is 11. The monoisotopic (exact) mass is 779 g/mol. The maximum absolute atomic E-state index is 13.8. The fraction of sp³-hybridized carbons (Fsp3) is 0.333. The van der Waals surface area contributed by atoms with E-state index >= 15 is 0 Å². The van der Waals surface area contributed by atoms with Gasteiger partial charge in [0.15, 0.2) is 34.5 Å². The zero-order valence-corrected chi connectivity index (χ0v) is 32.0. The van der Waals surface area contributed by atoms with Crippen molar-refractivity contribution in [2.75, 3.05) is 13.1 Å². The number of benzene rings is 4. The molecule has 0 radical (unpaired) electrons. The van der Waals surface area contributed by atoms with Gasteiger partial charge in [-0.05, 0) is 126 Å². The SMILES string of the molecule is CCCCC/C(=C\C(=O)O[C@@H](C(=O)O)[C@H](CNCC)c1ccc(O)c(O)c1)c1cc(O)c(O)c2c1C=C(c1cc(O)c(O)c3c1-c1cccc(O)c1CCC3)CC2. The van der Waals surface area contributed by atoms with Crippen LogP contribution in [-0.2, 0) is 33.6 Å². The van der Waals surface area contributed by atoms with Crippen molar-refractivity contribution in [3.8, 4) is 51.4 Å². The number of allylic oxidation sites excluding steroid dienone is 2. The van der Waals surface area contributed by atoms with Gasteiger partial charge in [-0.1, -0.05) is 51.0 Å². The molecule has 6 rings (SSSR count). The molecule has 0 unspecified atom stereocenters. The summed E-state index contributed by atoms with van der Waals surface area (Å²) in [7, 11) is 0. The van der Waals surface area contributed by atoms with E-state index in [0.29, 0.717) is 89.6 Å². The second-order valence-corrected chi connectivity index (χ2v) is 14.6. The number of carbonyl (C=O) groups excluding carboxylic acids is 1. The van der Waals surface area contributed by atoms with E-state index in [0.717, 1.165) is 29.5 Å². The lowest BCUT2D eigenvalue weighted by Gasteiger charge is -2.26. The van der Waals surface area contributed by atoms with Crippen LogP contribution in [0.2, 0.25) is 0 Å². The molecule has 9 N–H and O–H groups in total. The van der Waals surface area contributed by atoms with Crippen molar-refractivity contribution in [1.29, 1.82) is 0 Å². The molecule has 2 aliphatic carbocycles. The second-order valence-electron chi connectivity index (χ2n) is 14.6. The summed E-state index contributed by atoms with van der Waals surface area (Å²) in [5.74, 6) is -5.24. The Bertz CT molecular complexity index is 2260. The van der Waals surface area contributed by atoms with Gasteiger partial charge >= 0.3 is 11.9 Å². The van der Waals surface area contributed by atoms with Crippen molar-refractivity contribution >= 4 is 29.2 Å². The molecule has 0 fully saturated rings. The molecule has 2 aliphatic rings. The van der Waals surface area contributed by atoms with E-state index < -0.39 is 35.5 Å². The van der Waals surface area contributed by atoms with Crippen molar-refractivity contribution in [3.05, 3.63) is 93.6 Å². The van der Waals surface area contributed by atoms with Crippen LogP contribution in [0.25, 0.3) is 28.3 Å². The maximum Gasteiger partial charge on any atom is 0.345 e. The third-order valence-electron chi connectivity index (χ3n) is 11.0.